The quantitative estimate of drug-likeness (QED) is 0.800. The van der Waals surface area contributed by atoms with Gasteiger partial charge in [0.1, 0.15) is 4.90 Å². The first-order valence-electron chi connectivity index (χ1n) is 7.31. The van der Waals surface area contributed by atoms with Gasteiger partial charge in [-0.1, -0.05) is 0 Å². The van der Waals surface area contributed by atoms with Crippen LogP contribution in [0, 0.1) is 17.5 Å². The highest BCUT2D eigenvalue weighted by molar-refractivity contribution is 7.92. The maximum atomic E-state index is 13.7. The smallest absolute Gasteiger partial charge is 0.264 e. The molecule has 4 nitrogen and oxygen atoms in total. The van der Waals surface area contributed by atoms with Gasteiger partial charge in [-0.15, -0.1) is 0 Å². The summed E-state index contributed by atoms with van der Waals surface area (Å²) in [5, 5.41) is 0. The summed E-state index contributed by atoms with van der Waals surface area (Å²) in [5.41, 5.74) is 1.09. The number of nitrogens with one attached hydrogen (secondary N) is 1. The van der Waals surface area contributed by atoms with E-state index in [1.807, 2.05) is 13.8 Å². The molecule has 0 heterocycles. The predicted octanol–water partition coefficient (Wildman–Crippen LogP) is 3.75. The Labute approximate surface area is 139 Å². The van der Waals surface area contributed by atoms with Crippen LogP contribution in [0.15, 0.2) is 41.3 Å². The van der Waals surface area contributed by atoms with E-state index in [1.165, 1.54) is 12.1 Å². The molecule has 2 rings (SSSR count). The minimum absolute atomic E-state index is 0.190. The summed E-state index contributed by atoms with van der Waals surface area (Å²) in [6.07, 6.45) is 0. The number of sulfonamides is 1. The fraction of sp³-hybridized carbons (Fsp3) is 0.250. The van der Waals surface area contributed by atoms with Crippen LogP contribution in [0.3, 0.4) is 0 Å². The Balaban J connectivity index is 2.28. The van der Waals surface area contributed by atoms with Gasteiger partial charge < -0.3 is 4.90 Å². The van der Waals surface area contributed by atoms with Crippen LogP contribution in [0.1, 0.15) is 13.8 Å². The monoisotopic (exact) mass is 358 g/mol. The van der Waals surface area contributed by atoms with Gasteiger partial charge in [-0.3, -0.25) is 4.72 Å². The van der Waals surface area contributed by atoms with Crippen LogP contribution in [-0.4, -0.2) is 21.5 Å². The van der Waals surface area contributed by atoms with E-state index in [0.717, 1.165) is 18.8 Å². The van der Waals surface area contributed by atoms with Crippen molar-refractivity contribution in [2.45, 2.75) is 18.7 Å². The number of hydrogen-bond donors (Lipinski definition) is 1. The molecule has 0 aliphatic carbocycles. The van der Waals surface area contributed by atoms with E-state index in [0.29, 0.717) is 12.1 Å². The summed E-state index contributed by atoms with van der Waals surface area (Å²) in [4.78, 5) is 1.11. The van der Waals surface area contributed by atoms with Crippen LogP contribution >= 0.6 is 0 Å². The molecule has 1 N–H and O–H groups in total. The lowest BCUT2D eigenvalue weighted by Gasteiger charge is -2.21. The minimum Gasteiger partial charge on any atom is -0.372 e. The molecule has 0 aromatic heterocycles. The Bertz CT molecular complexity index is 820. The molecule has 0 aliphatic heterocycles. The number of rotatable bonds is 6. The van der Waals surface area contributed by atoms with Gasteiger partial charge in [0.15, 0.2) is 17.5 Å². The Hall–Kier alpha value is -2.22. The third-order valence-electron chi connectivity index (χ3n) is 3.54. The third-order valence-corrected chi connectivity index (χ3v) is 4.94. The molecule has 8 heteroatoms. The van der Waals surface area contributed by atoms with Gasteiger partial charge in [-0.2, -0.15) is 0 Å². The normalized spacial score (nSPS) is 11.4. The fourth-order valence-electron chi connectivity index (χ4n) is 2.25. The van der Waals surface area contributed by atoms with Crippen molar-refractivity contribution in [1.82, 2.24) is 0 Å². The molecular weight excluding hydrogens is 341 g/mol. The van der Waals surface area contributed by atoms with Crippen molar-refractivity contribution in [3.8, 4) is 0 Å². The van der Waals surface area contributed by atoms with Gasteiger partial charge in [0, 0.05) is 24.5 Å². The first-order chi connectivity index (χ1) is 11.3. The lowest BCUT2D eigenvalue weighted by molar-refractivity contribution is 0.432. The number of hydrogen-bond acceptors (Lipinski definition) is 3. The van der Waals surface area contributed by atoms with Gasteiger partial charge in [-0.05, 0) is 50.2 Å². The van der Waals surface area contributed by atoms with Crippen molar-refractivity contribution >= 4 is 21.4 Å². The zero-order chi connectivity index (χ0) is 17.9. The first-order valence-corrected chi connectivity index (χ1v) is 8.79. The molecule has 130 valence electrons. The molecule has 0 saturated carbocycles. The number of halogens is 3. The van der Waals surface area contributed by atoms with Crippen molar-refractivity contribution in [2.75, 3.05) is 22.7 Å². The Morgan fingerprint density at radius 3 is 2.04 bits per heavy atom. The highest BCUT2D eigenvalue weighted by Crippen LogP contribution is 2.24. The summed E-state index contributed by atoms with van der Waals surface area (Å²) in [5.74, 6) is -5.02. The molecule has 0 atom stereocenters. The fourth-order valence-corrected chi connectivity index (χ4v) is 3.38. The van der Waals surface area contributed by atoms with Crippen LogP contribution in [0.2, 0.25) is 0 Å². The SMILES string of the molecule is CCN(CC)c1ccc(NS(=O)(=O)c2ccc(F)c(F)c2F)cc1. The van der Waals surface area contributed by atoms with Crippen molar-refractivity contribution in [2.24, 2.45) is 0 Å². The van der Waals surface area contributed by atoms with E-state index in [-0.39, 0.29) is 5.69 Å². The molecule has 2 aromatic rings. The molecule has 0 aliphatic rings. The van der Waals surface area contributed by atoms with Gasteiger partial charge >= 0.3 is 0 Å². The summed E-state index contributed by atoms with van der Waals surface area (Å²) < 4.78 is 66.3. The number of benzene rings is 2. The molecule has 0 fully saturated rings. The van der Waals surface area contributed by atoms with Crippen molar-refractivity contribution in [1.29, 1.82) is 0 Å². The lowest BCUT2D eigenvalue weighted by Crippen LogP contribution is -2.21. The van der Waals surface area contributed by atoms with E-state index >= 15 is 0 Å². The minimum atomic E-state index is -4.37. The van der Waals surface area contributed by atoms with Crippen molar-refractivity contribution in [3.63, 3.8) is 0 Å². The highest BCUT2D eigenvalue weighted by Gasteiger charge is 2.24. The van der Waals surface area contributed by atoms with E-state index in [9.17, 15) is 21.6 Å². The second-order valence-electron chi connectivity index (χ2n) is 5.00. The highest BCUT2D eigenvalue weighted by atomic mass is 32.2. The standard InChI is InChI=1S/C16H17F3N2O2S/c1-3-21(4-2)12-7-5-11(6-8-12)20-24(22,23)14-10-9-13(17)15(18)16(14)19/h5-10,20H,3-4H2,1-2H3. The first kappa shape index (κ1) is 18.1. The maximum absolute atomic E-state index is 13.7. The summed E-state index contributed by atoms with van der Waals surface area (Å²) in [6, 6.07) is 7.71. The molecule has 2 aromatic carbocycles. The lowest BCUT2D eigenvalue weighted by atomic mass is 10.2. The van der Waals surface area contributed by atoms with E-state index in [4.69, 9.17) is 0 Å². The van der Waals surface area contributed by atoms with Crippen molar-refractivity contribution in [3.05, 3.63) is 53.8 Å². The van der Waals surface area contributed by atoms with Crippen LogP contribution in [0.5, 0.6) is 0 Å². The zero-order valence-corrected chi connectivity index (χ0v) is 14.0. The average molecular weight is 358 g/mol. The van der Waals surface area contributed by atoms with Crippen molar-refractivity contribution < 1.29 is 21.6 Å². The molecule has 0 radical (unpaired) electrons. The molecule has 0 spiro atoms. The predicted molar refractivity (Wildman–Crippen MR) is 87.1 cm³/mol. The average Bonchev–Trinajstić information content (AvgIpc) is 2.55. The molecule has 0 bridgehead atoms. The largest absolute Gasteiger partial charge is 0.372 e. The molecule has 0 unspecified atom stereocenters. The van der Waals surface area contributed by atoms with Gasteiger partial charge in [0.25, 0.3) is 10.0 Å². The van der Waals surface area contributed by atoms with Gasteiger partial charge in [0.2, 0.25) is 0 Å². The molecular formula is C16H17F3N2O2S. The maximum Gasteiger partial charge on any atom is 0.264 e. The van der Waals surface area contributed by atoms with Gasteiger partial charge in [-0.25, -0.2) is 21.6 Å². The van der Waals surface area contributed by atoms with Gasteiger partial charge in [0.05, 0.1) is 0 Å². The van der Waals surface area contributed by atoms with Crippen LogP contribution in [0.4, 0.5) is 24.5 Å². The molecule has 24 heavy (non-hydrogen) atoms. The second kappa shape index (κ2) is 7.12. The van der Waals surface area contributed by atoms with E-state index in [1.54, 1.807) is 12.1 Å². The summed E-state index contributed by atoms with van der Waals surface area (Å²) in [6.45, 7) is 5.57. The summed E-state index contributed by atoms with van der Waals surface area (Å²) >= 11 is 0. The Morgan fingerprint density at radius 1 is 0.917 bits per heavy atom. The van der Waals surface area contributed by atoms with Crippen LogP contribution < -0.4 is 9.62 Å². The molecule has 0 amide bonds. The molecule has 0 saturated heterocycles. The van der Waals surface area contributed by atoms with Crippen LogP contribution in [-0.2, 0) is 10.0 Å². The zero-order valence-electron chi connectivity index (χ0n) is 13.2. The van der Waals surface area contributed by atoms with E-state index in [2.05, 4.69) is 9.62 Å². The topological polar surface area (TPSA) is 49.4 Å². The Morgan fingerprint density at radius 2 is 1.50 bits per heavy atom. The number of anilines is 2. The summed E-state index contributed by atoms with van der Waals surface area (Å²) in [7, 11) is -4.37. The third kappa shape index (κ3) is 3.64. The Kier molecular flexibility index (Phi) is 5.38. The number of nitrogens with zero attached hydrogens (tertiary/aromatic N) is 1. The van der Waals surface area contributed by atoms with Crippen LogP contribution in [0.25, 0.3) is 0 Å². The van der Waals surface area contributed by atoms with E-state index < -0.39 is 32.4 Å². The second-order valence-corrected chi connectivity index (χ2v) is 6.65.